The summed E-state index contributed by atoms with van der Waals surface area (Å²) in [6.07, 6.45) is -1.27. The SMILES string of the molecule is CC(C)OC(=O)[C@H]1C(=O)C[C@@](C)(O)[C@@H](C(=O)OC(C)C)[C@@H]1c1cccc(O)c1. The number of aliphatic hydroxyl groups is 1. The van der Waals surface area contributed by atoms with E-state index in [1.165, 1.54) is 19.1 Å². The van der Waals surface area contributed by atoms with Gasteiger partial charge in [-0.1, -0.05) is 12.1 Å². The summed E-state index contributed by atoms with van der Waals surface area (Å²) in [6.45, 7) is 8.06. The molecule has 0 spiro atoms. The molecule has 2 N–H and O–H groups in total. The highest BCUT2D eigenvalue weighted by Crippen LogP contribution is 2.47. The van der Waals surface area contributed by atoms with Gasteiger partial charge in [0.1, 0.15) is 11.7 Å². The molecule has 1 saturated carbocycles. The average molecular weight is 392 g/mol. The number of aromatic hydroxyl groups is 1. The maximum absolute atomic E-state index is 12.9. The molecule has 1 fully saturated rings. The second-order valence-corrected chi connectivity index (χ2v) is 8.05. The topological polar surface area (TPSA) is 110 Å². The third kappa shape index (κ3) is 4.70. The van der Waals surface area contributed by atoms with Crippen molar-refractivity contribution in [2.75, 3.05) is 0 Å². The van der Waals surface area contributed by atoms with E-state index in [2.05, 4.69) is 0 Å². The van der Waals surface area contributed by atoms with Crippen LogP contribution < -0.4 is 0 Å². The summed E-state index contributed by atoms with van der Waals surface area (Å²) in [5, 5.41) is 20.8. The van der Waals surface area contributed by atoms with E-state index in [0.29, 0.717) is 5.56 Å². The molecule has 1 aromatic rings. The zero-order chi connectivity index (χ0) is 21.2. The fourth-order valence-corrected chi connectivity index (χ4v) is 3.76. The van der Waals surface area contributed by atoms with Gasteiger partial charge in [-0.3, -0.25) is 14.4 Å². The molecule has 2 rings (SSSR count). The molecule has 0 saturated heterocycles. The van der Waals surface area contributed by atoms with E-state index in [-0.39, 0.29) is 12.2 Å². The van der Waals surface area contributed by atoms with Gasteiger partial charge in [-0.25, -0.2) is 0 Å². The number of carbonyl (C=O) groups is 3. The van der Waals surface area contributed by atoms with Crippen LogP contribution in [0.2, 0.25) is 0 Å². The Bertz CT molecular complexity index is 743. The molecule has 4 atom stereocenters. The number of hydrogen-bond acceptors (Lipinski definition) is 7. The summed E-state index contributed by atoms with van der Waals surface area (Å²) in [4.78, 5) is 38.4. The first kappa shape index (κ1) is 21.9. The van der Waals surface area contributed by atoms with Crippen molar-refractivity contribution < 1.29 is 34.1 Å². The highest BCUT2D eigenvalue weighted by Gasteiger charge is 2.57. The quantitative estimate of drug-likeness (QED) is 0.584. The second kappa shape index (κ2) is 8.31. The maximum atomic E-state index is 12.9. The van der Waals surface area contributed by atoms with Gasteiger partial charge >= 0.3 is 11.9 Å². The Morgan fingerprint density at radius 3 is 2.21 bits per heavy atom. The molecule has 28 heavy (non-hydrogen) atoms. The van der Waals surface area contributed by atoms with Gasteiger partial charge in [0.15, 0.2) is 5.78 Å². The van der Waals surface area contributed by atoms with Crippen LogP contribution in [0.4, 0.5) is 0 Å². The van der Waals surface area contributed by atoms with Crippen molar-refractivity contribution in [3.05, 3.63) is 29.8 Å². The Morgan fingerprint density at radius 1 is 1.11 bits per heavy atom. The fraction of sp³-hybridized carbons (Fsp3) is 0.571. The molecule has 0 radical (unpaired) electrons. The van der Waals surface area contributed by atoms with Crippen LogP contribution in [0, 0.1) is 11.8 Å². The third-order valence-electron chi connectivity index (χ3n) is 4.73. The molecule has 0 bridgehead atoms. The van der Waals surface area contributed by atoms with Crippen molar-refractivity contribution in [2.24, 2.45) is 11.8 Å². The highest BCUT2D eigenvalue weighted by molar-refractivity contribution is 6.02. The van der Waals surface area contributed by atoms with Gasteiger partial charge < -0.3 is 19.7 Å². The molecule has 7 nitrogen and oxygen atoms in total. The lowest BCUT2D eigenvalue weighted by atomic mass is 9.61. The number of benzene rings is 1. The van der Waals surface area contributed by atoms with Crippen LogP contribution in [0.15, 0.2) is 24.3 Å². The van der Waals surface area contributed by atoms with Crippen LogP contribution in [-0.2, 0) is 23.9 Å². The van der Waals surface area contributed by atoms with Crippen molar-refractivity contribution in [3.63, 3.8) is 0 Å². The Labute approximate surface area is 164 Å². The van der Waals surface area contributed by atoms with E-state index in [0.717, 1.165) is 0 Å². The Hall–Kier alpha value is -2.41. The minimum Gasteiger partial charge on any atom is -0.508 e. The summed E-state index contributed by atoms with van der Waals surface area (Å²) in [6, 6.07) is 5.97. The van der Waals surface area contributed by atoms with Crippen LogP contribution in [0.3, 0.4) is 0 Å². The van der Waals surface area contributed by atoms with Gasteiger partial charge in [0.05, 0.1) is 23.7 Å². The van der Waals surface area contributed by atoms with E-state index in [9.17, 15) is 24.6 Å². The first-order valence-electron chi connectivity index (χ1n) is 9.39. The van der Waals surface area contributed by atoms with Crippen molar-refractivity contribution >= 4 is 17.7 Å². The van der Waals surface area contributed by atoms with E-state index in [4.69, 9.17) is 9.47 Å². The number of phenolic OH excluding ortho intramolecular Hbond substituents is 1. The summed E-state index contributed by atoms with van der Waals surface area (Å²) in [5.41, 5.74) is -1.34. The molecular formula is C21H28O7. The molecule has 1 aromatic carbocycles. The fourth-order valence-electron chi connectivity index (χ4n) is 3.76. The van der Waals surface area contributed by atoms with Crippen molar-refractivity contribution in [1.82, 2.24) is 0 Å². The summed E-state index contributed by atoms with van der Waals surface area (Å²) in [7, 11) is 0. The Morgan fingerprint density at radius 2 is 1.68 bits per heavy atom. The molecule has 0 aliphatic heterocycles. The molecule has 0 heterocycles. The lowest BCUT2D eigenvalue weighted by molar-refractivity contribution is -0.176. The molecule has 1 aliphatic rings. The predicted octanol–water partition coefficient (Wildman–Crippen LogP) is 2.34. The van der Waals surface area contributed by atoms with E-state index in [1.54, 1.807) is 39.8 Å². The summed E-state index contributed by atoms with van der Waals surface area (Å²) in [5.74, 6) is -5.55. The van der Waals surface area contributed by atoms with Crippen LogP contribution in [0.1, 0.15) is 52.5 Å². The number of Topliss-reactive ketones (excluding diaryl/α,β-unsaturated/α-hetero) is 1. The predicted molar refractivity (Wildman–Crippen MR) is 101 cm³/mol. The molecule has 0 amide bonds. The standard InChI is InChI=1S/C21H28O7/c1-11(2)27-19(24)17-15(23)10-21(5,26)18(20(25)28-12(3)4)16(17)13-7-6-8-14(22)9-13/h6-9,11-12,16-18,22,26H,10H2,1-5H3/t16-,17+,18-,21-/m1/s1. The van der Waals surface area contributed by atoms with Crippen LogP contribution in [0.25, 0.3) is 0 Å². The van der Waals surface area contributed by atoms with Gasteiger partial charge in [0.2, 0.25) is 0 Å². The minimum absolute atomic E-state index is 0.0814. The van der Waals surface area contributed by atoms with Crippen LogP contribution >= 0.6 is 0 Å². The third-order valence-corrected chi connectivity index (χ3v) is 4.73. The molecule has 0 aromatic heterocycles. The average Bonchev–Trinajstić information content (AvgIpc) is 2.51. The minimum atomic E-state index is -1.71. The van der Waals surface area contributed by atoms with Gasteiger partial charge in [-0.05, 0) is 52.3 Å². The lowest BCUT2D eigenvalue weighted by Crippen LogP contribution is -2.55. The van der Waals surface area contributed by atoms with Gasteiger partial charge in [-0.2, -0.15) is 0 Å². The number of esters is 2. The lowest BCUT2D eigenvalue weighted by Gasteiger charge is -2.44. The number of phenols is 1. The molecule has 1 aliphatic carbocycles. The second-order valence-electron chi connectivity index (χ2n) is 8.05. The zero-order valence-electron chi connectivity index (χ0n) is 16.8. The number of ether oxygens (including phenoxy) is 2. The number of carbonyl (C=O) groups excluding carboxylic acids is 3. The van der Waals surface area contributed by atoms with Crippen molar-refractivity contribution in [3.8, 4) is 5.75 Å². The van der Waals surface area contributed by atoms with E-state index in [1.807, 2.05) is 0 Å². The van der Waals surface area contributed by atoms with E-state index < -0.39 is 53.3 Å². The number of ketones is 1. The van der Waals surface area contributed by atoms with Crippen LogP contribution in [-0.4, -0.2) is 45.7 Å². The van der Waals surface area contributed by atoms with Crippen molar-refractivity contribution in [1.29, 1.82) is 0 Å². The van der Waals surface area contributed by atoms with Crippen molar-refractivity contribution in [2.45, 2.75) is 64.8 Å². The molecule has 154 valence electrons. The maximum Gasteiger partial charge on any atom is 0.317 e. The number of rotatable bonds is 5. The molecule has 7 heteroatoms. The molecular weight excluding hydrogens is 364 g/mol. The first-order chi connectivity index (χ1) is 12.9. The molecule has 0 unspecified atom stereocenters. The summed E-state index contributed by atoms with van der Waals surface area (Å²) >= 11 is 0. The van der Waals surface area contributed by atoms with Gasteiger partial charge in [0, 0.05) is 12.3 Å². The van der Waals surface area contributed by atoms with Gasteiger partial charge in [-0.15, -0.1) is 0 Å². The van der Waals surface area contributed by atoms with E-state index >= 15 is 0 Å². The first-order valence-corrected chi connectivity index (χ1v) is 9.39. The Balaban J connectivity index is 2.61. The zero-order valence-corrected chi connectivity index (χ0v) is 16.8. The Kier molecular flexibility index (Phi) is 6.49. The largest absolute Gasteiger partial charge is 0.508 e. The highest BCUT2D eigenvalue weighted by atomic mass is 16.5. The number of hydrogen-bond donors (Lipinski definition) is 2. The monoisotopic (exact) mass is 392 g/mol. The summed E-state index contributed by atoms with van der Waals surface area (Å²) < 4.78 is 10.6. The smallest absolute Gasteiger partial charge is 0.317 e. The van der Waals surface area contributed by atoms with Gasteiger partial charge in [0.25, 0.3) is 0 Å². The normalized spacial score (nSPS) is 27.7. The van der Waals surface area contributed by atoms with Crippen LogP contribution in [0.5, 0.6) is 5.75 Å².